The molecular formula is C13H20N2S. The summed E-state index contributed by atoms with van der Waals surface area (Å²) < 4.78 is 0. The molecule has 2 nitrogen and oxygen atoms in total. The van der Waals surface area contributed by atoms with E-state index in [1.807, 2.05) is 0 Å². The first-order valence-electron chi connectivity index (χ1n) is 6.10. The van der Waals surface area contributed by atoms with E-state index in [-0.39, 0.29) is 0 Å². The van der Waals surface area contributed by atoms with E-state index in [1.165, 1.54) is 43.7 Å². The monoisotopic (exact) mass is 236 g/mol. The van der Waals surface area contributed by atoms with Crippen LogP contribution in [0.15, 0.2) is 24.3 Å². The van der Waals surface area contributed by atoms with E-state index >= 15 is 0 Å². The van der Waals surface area contributed by atoms with Gasteiger partial charge in [-0.3, -0.25) is 0 Å². The van der Waals surface area contributed by atoms with Gasteiger partial charge in [-0.1, -0.05) is 0 Å². The second-order valence-corrected chi connectivity index (χ2v) is 4.69. The molecule has 1 aliphatic rings. The summed E-state index contributed by atoms with van der Waals surface area (Å²) >= 11 is 4.18. The van der Waals surface area contributed by atoms with Crippen LogP contribution in [0.4, 0.5) is 11.4 Å². The topological polar surface area (TPSA) is 15.3 Å². The van der Waals surface area contributed by atoms with Gasteiger partial charge in [0.15, 0.2) is 0 Å². The zero-order chi connectivity index (χ0) is 11.2. The van der Waals surface area contributed by atoms with Crippen LogP contribution in [0.1, 0.15) is 19.3 Å². The molecule has 1 aliphatic heterocycles. The van der Waals surface area contributed by atoms with Crippen molar-refractivity contribution in [2.24, 2.45) is 0 Å². The molecule has 0 saturated carbocycles. The Morgan fingerprint density at radius 3 is 2.38 bits per heavy atom. The summed E-state index contributed by atoms with van der Waals surface area (Å²) in [6.07, 6.45) is 4.05. The van der Waals surface area contributed by atoms with Crippen molar-refractivity contribution < 1.29 is 0 Å². The number of anilines is 2. The zero-order valence-electron chi connectivity index (χ0n) is 9.65. The van der Waals surface area contributed by atoms with Crippen molar-refractivity contribution >= 4 is 24.0 Å². The molecular weight excluding hydrogens is 216 g/mol. The molecule has 1 heterocycles. The maximum Gasteiger partial charge on any atom is 0.0367 e. The van der Waals surface area contributed by atoms with Gasteiger partial charge in [-0.25, -0.2) is 0 Å². The summed E-state index contributed by atoms with van der Waals surface area (Å²) in [6, 6.07) is 8.75. The molecule has 0 amide bonds. The van der Waals surface area contributed by atoms with Crippen LogP contribution in [0.5, 0.6) is 0 Å². The Labute approximate surface area is 103 Å². The van der Waals surface area contributed by atoms with Gasteiger partial charge in [0.05, 0.1) is 0 Å². The molecule has 0 radical (unpaired) electrons. The van der Waals surface area contributed by atoms with Crippen LogP contribution < -0.4 is 10.2 Å². The summed E-state index contributed by atoms with van der Waals surface area (Å²) in [5.41, 5.74) is 2.55. The highest BCUT2D eigenvalue weighted by Gasteiger charge is 2.10. The second kappa shape index (κ2) is 6.04. The third-order valence-electron chi connectivity index (χ3n) is 3.03. The Kier molecular flexibility index (Phi) is 4.40. The molecule has 16 heavy (non-hydrogen) atoms. The lowest BCUT2D eigenvalue weighted by Crippen LogP contribution is -2.29. The number of nitrogens with zero attached hydrogens (tertiary/aromatic N) is 1. The van der Waals surface area contributed by atoms with Crippen LogP contribution in [0.2, 0.25) is 0 Å². The number of piperidine rings is 1. The number of rotatable bonds is 4. The maximum atomic E-state index is 4.18. The summed E-state index contributed by atoms with van der Waals surface area (Å²) in [6.45, 7) is 3.35. The Bertz CT molecular complexity index is 304. The van der Waals surface area contributed by atoms with Gasteiger partial charge in [0.2, 0.25) is 0 Å². The number of nitrogens with one attached hydrogen (secondary N) is 1. The fraction of sp³-hybridized carbons (Fsp3) is 0.538. The van der Waals surface area contributed by atoms with Gasteiger partial charge >= 0.3 is 0 Å². The summed E-state index contributed by atoms with van der Waals surface area (Å²) in [5.74, 6) is 0.869. The highest BCUT2D eigenvalue weighted by molar-refractivity contribution is 7.80. The highest BCUT2D eigenvalue weighted by atomic mass is 32.1. The minimum atomic E-state index is 0.869. The van der Waals surface area contributed by atoms with Gasteiger partial charge in [0, 0.05) is 36.8 Å². The summed E-state index contributed by atoms with van der Waals surface area (Å²) in [5, 5.41) is 3.33. The molecule has 2 rings (SSSR count). The third kappa shape index (κ3) is 3.08. The molecule has 0 unspecified atom stereocenters. The van der Waals surface area contributed by atoms with E-state index in [4.69, 9.17) is 0 Å². The van der Waals surface area contributed by atoms with Gasteiger partial charge in [-0.05, 0) is 43.5 Å². The van der Waals surface area contributed by atoms with Crippen molar-refractivity contribution in [2.45, 2.75) is 19.3 Å². The van der Waals surface area contributed by atoms with Gasteiger partial charge in [-0.15, -0.1) is 0 Å². The number of hydrogen-bond donors (Lipinski definition) is 2. The lowest BCUT2D eigenvalue weighted by Gasteiger charge is -2.28. The number of thiol groups is 1. The van der Waals surface area contributed by atoms with Crippen molar-refractivity contribution in [3.05, 3.63) is 24.3 Å². The smallest absolute Gasteiger partial charge is 0.0367 e. The largest absolute Gasteiger partial charge is 0.384 e. The van der Waals surface area contributed by atoms with E-state index in [1.54, 1.807) is 0 Å². The lowest BCUT2D eigenvalue weighted by molar-refractivity contribution is 0.578. The Hall–Kier alpha value is -0.830. The molecule has 1 N–H and O–H groups in total. The fourth-order valence-electron chi connectivity index (χ4n) is 2.14. The van der Waals surface area contributed by atoms with Crippen molar-refractivity contribution in [2.75, 3.05) is 35.6 Å². The quantitative estimate of drug-likeness (QED) is 0.781. The first kappa shape index (κ1) is 11.6. The molecule has 0 bridgehead atoms. The van der Waals surface area contributed by atoms with Crippen LogP contribution in [0, 0.1) is 0 Å². The average molecular weight is 236 g/mol. The molecule has 3 heteroatoms. The second-order valence-electron chi connectivity index (χ2n) is 4.24. The first-order chi connectivity index (χ1) is 7.90. The molecule has 0 atom stereocenters. The Balaban J connectivity index is 1.95. The van der Waals surface area contributed by atoms with Crippen LogP contribution in [0.25, 0.3) is 0 Å². The minimum absolute atomic E-state index is 0.869. The van der Waals surface area contributed by atoms with E-state index in [2.05, 4.69) is 47.1 Å². The van der Waals surface area contributed by atoms with Gasteiger partial charge in [0.25, 0.3) is 0 Å². The number of benzene rings is 1. The Morgan fingerprint density at radius 2 is 1.75 bits per heavy atom. The summed E-state index contributed by atoms with van der Waals surface area (Å²) in [4.78, 5) is 2.48. The van der Waals surface area contributed by atoms with Crippen LogP contribution in [-0.4, -0.2) is 25.4 Å². The third-order valence-corrected chi connectivity index (χ3v) is 3.25. The maximum absolute atomic E-state index is 4.18. The molecule has 0 spiro atoms. The van der Waals surface area contributed by atoms with Gasteiger partial charge in [-0.2, -0.15) is 12.6 Å². The van der Waals surface area contributed by atoms with E-state index in [0.29, 0.717) is 0 Å². The SMILES string of the molecule is SCCNc1ccc(N2CCCCC2)cc1. The predicted molar refractivity (Wildman–Crippen MR) is 74.8 cm³/mol. The highest BCUT2D eigenvalue weighted by Crippen LogP contribution is 2.21. The normalized spacial score (nSPS) is 16.2. The fourth-order valence-corrected chi connectivity index (χ4v) is 2.25. The molecule has 1 aromatic rings. The number of hydrogen-bond acceptors (Lipinski definition) is 3. The molecule has 1 aromatic carbocycles. The first-order valence-corrected chi connectivity index (χ1v) is 6.73. The standard InChI is InChI=1S/C13H20N2S/c16-11-8-14-12-4-6-13(7-5-12)15-9-2-1-3-10-15/h4-7,14,16H,1-3,8-11H2. The molecule has 1 fully saturated rings. The zero-order valence-corrected chi connectivity index (χ0v) is 10.5. The van der Waals surface area contributed by atoms with Crippen molar-refractivity contribution in [3.8, 4) is 0 Å². The van der Waals surface area contributed by atoms with Crippen molar-refractivity contribution in [1.82, 2.24) is 0 Å². The van der Waals surface area contributed by atoms with E-state index < -0.39 is 0 Å². The van der Waals surface area contributed by atoms with E-state index in [9.17, 15) is 0 Å². The molecule has 1 saturated heterocycles. The van der Waals surface area contributed by atoms with Crippen LogP contribution in [-0.2, 0) is 0 Å². The van der Waals surface area contributed by atoms with E-state index in [0.717, 1.165) is 12.3 Å². The van der Waals surface area contributed by atoms with Crippen molar-refractivity contribution in [3.63, 3.8) is 0 Å². The summed E-state index contributed by atoms with van der Waals surface area (Å²) in [7, 11) is 0. The minimum Gasteiger partial charge on any atom is -0.384 e. The van der Waals surface area contributed by atoms with Crippen LogP contribution in [0.3, 0.4) is 0 Å². The molecule has 0 aliphatic carbocycles. The molecule has 88 valence electrons. The van der Waals surface area contributed by atoms with Crippen LogP contribution >= 0.6 is 12.6 Å². The van der Waals surface area contributed by atoms with Gasteiger partial charge in [0.1, 0.15) is 0 Å². The molecule has 0 aromatic heterocycles. The van der Waals surface area contributed by atoms with Gasteiger partial charge < -0.3 is 10.2 Å². The lowest BCUT2D eigenvalue weighted by atomic mass is 10.1. The van der Waals surface area contributed by atoms with Crippen molar-refractivity contribution in [1.29, 1.82) is 0 Å². The predicted octanol–water partition coefficient (Wildman–Crippen LogP) is 3.02. The average Bonchev–Trinajstić information content (AvgIpc) is 2.38. The Morgan fingerprint density at radius 1 is 1.06 bits per heavy atom.